The number of hydrogen-bond donors (Lipinski definition) is 1. The molecule has 0 bridgehead atoms. The lowest BCUT2D eigenvalue weighted by Crippen LogP contribution is -2.54. The number of nitrogens with zero attached hydrogens (tertiary/aromatic N) is 2. The summed E-state index contributed by atoms with van der Waals surface area (Å²) in [6.45, 7) is 11.0. The molecule has 1 aromatic carbocycles. The van der Waals surface area contributed by atoms with Gasteiger partial charge in [0.1, 0.15) is 5.82 Å². The van der Waals surface area contributed by atoms with Crippen molar-refractivity contribution < 1.29 is 9.18 Å². The number of benzene rings is 1. The SMILES string of the molecule is CCN(C(=O)CN1CCC(N)C(C)(C)C1)C(C)c1ccc(F)cc1.Cl. The molecular formula is C19H31ClFN3O. The molecule has 2 rings (SSSR count). The van der Waals surface area contributed by atoms with Crippen LogP contribution in [0.2, 0.25) is 0 Å². The van der Waals surface area contributed by atoms with Gasteiger partial charge in [0.25, 0.3) is 0 Å². The van der Waals surface area contributed by atoms with Gasteiger partial charge in [0.05, 0.1) is 12.6 Å². The maximum atomic E-state index is 13.1. The van der Waals surface area contributed by atoms with Crippen LogP contribution in [0.15, 0.2) is 24.3 Å². The highest BCUT2D eigenvalue weighted by Crippen LogP contribution is 2.28. The first kappa shape index (κ1) is 21.9. The topological polar surface area (TPSA) is 49.6 Å². The second-order valence-corrected chi connectivity index (χ2v) is 7.50. The van der Waals surface area contributed by atoms with Crippen LogP contribution >= 0.6 is 12.4 Å². The molecule has 0 aliphatic carbocycles. The molecule has 0 saturated carbocycles. The maximum Gasteiger partial charge on any atom is 0.237 e. The van der Waals surface area contributed by atoms with E-state index in [2.05, 4.69) is 18.7 Å². The van der Waals surface area contributed by atoms with Crippen molar-refractivity contribution in [2.24, 2.45) is 11.1 Å². The van der Waals surface area contributed by atoms with Gasteiger partial charge in [-0.05, 0) is 43.4 Å². The third-order valence-corrected chi connectivity index (χ3v) is 5.23. The monoisotopic (exact) mass is 371 g/mol. The van der Waals surface area contributed by atoms with Crippen LogP contribution in [0.3, 0.4) is 0 Å². The number of nitrogens with two attached hydrogens (primary N) is 1. The first-order chi connectivity index (χ1) is 11.2. The van der Waals surface area contributed by atoms with Crippen LogP contribution in [-0.4, -0.2) is 47.9 Å². The molecular weight excluding hydrogens is 341 g/mol. The number of likely N-dealkylation sites (N-methyl/N-ethyl adjacent to an activating group) is 1. The molecule has 1 aliphatic rings. The molecule has 1 amide bonds. The van der Waals surface area contributed by atoms with E-state index in [1.165, 1.54) is 12.1 Å². The number of carbonyl (C=O) groups excluding carboxylic acids is 1. The van der Waals surface area contributed by atoms with Crippen LogP contribution in [-0.2, 0) is 4.79 Å². The van der Waals surface area contributed by atoms with Crippen LogP contribution in [0.1, 0.15) is 45.7 Å². The molecule has 25 heavy (non-hydrogen) atoms. The van der Waals surface area contributed by atoms with E-state index < -0.39 is 0 Å². The van der Waals surface area contributed by atoms with Gasteiger partial charge in [-0.1, -0.05) is 26.0 Å². The van der Waals surface area contributed by atoms with Gasteiger partial charge in [-0.2, -0.15) is 0 Å². The molecule has 0 aromatic heterocycles. The lowest BCUT2D eigenvalue weighted by Gasteiger charge is -2.43. The molecule has 0 radical (unpaired) electrons. The fraction of sp³-hybridized carbons (Fsp3) is 0.632. The predicted octanol–water partition coefficient (Wildman–Crippen LogP) is 3.22. The van der Waals surface area contributed by atoms with Gasteiger partial charge in [-0.25, -0.2) is 4.39 Å². The first-order valence-corrected chi connectivity index (χ1v) is 8.77. The summed E-state index contributed by atoms with van der Waals surface area (Å²) in [5.41, 5.74) is 7.15. The molecule has 2 unspecified atom stereocenters. The minimum absolute atomic E-state index is 0. The predicted molar refractivity (Wildman–Crippen MR) is 102 cm³/mol. The van der Waals surface area contributed by atoms with Gasteiger partial charge in [0, 0.05) is 25.7 Å². The lowest BCUT2D eigenvalue weighted by molar-refractivity contribution is -0.135. The summed E-state index contributed by atoms with van der Waals surface area (Å²) in [6, 6.07) is 6.50. The second kappa shape index (κ2) is 8.97. The van der Waals surface area contributed by atoms with Crippen LogP contribution in [0.4, 0.5) is 4.39 Å². The number of carbonyl (C=O) groups is 1. The molecule has 142 valence electrons. The molecule has 1 saturated heterocycles. The second-order valence-electron chi connectivity index (χ2n) is 7.50. The van der Waals surface area contributed by atoms with E-state index >= 15 is 0 Å². The van der Waals surface area contributed by atoms with Crippen molar-refractivity contribution in [1.82, 2.24) is 9.80 Å². The summed E-state index contributed by atoms with van der Waals surface area (Å²) >= 11 is 0. The summed E-state index contributed by atoms with van der Waals surface area (Å²) in [5, 5.41) is 0. The van der Waals surface area contributed by atoms with Crippen LogP contribution in [0.5, 0.6) is 0 Å². The van der Waals surface area contributed by atoms with E-state index in [0.717, 1.165) is 25.1 Å². The minimum Gasteiger partial charge on any atom is -0.335 e. The molecule has 2 N–H and O–H groups in total. The standard InChI is InChI=1S/C19H30FN3O.ClH/c1-5-23(14(2)15-6-8-16(20)9-7-15)18(24)12-22-11-10-17(21)19(3,4)13-22;/h6-9,14,17H,5,10-13,21H2,1-4H3;1H. The molecule has 1 aromatic rings. The summed E-state index contributed by atoms with van der Waals surface area (Å²) in [5.74, 6) is -0.146. The largest absolute Gasteiger partial charge is 0.335 e. The Morgan fingerprint density at radius 1 is 1.40 bits per heavy atom. The summed E-state index contributed by atoms with van der Waals surface area (Å²) < 4.78 is 13.1. The smallest absolute Gasteiger partial charge is 0.237 e. The minimum atomic E-state index is -0.257. The average molecular weight is 372 g/mol. The van der Waals surface area contributed by atoms with E-state index in [1.807, 2.05) is 18.7 Å². The van der Waals surface area contributed by atoms with E-state index in [4.69, 9.17) is 5.73 Å². The van der Waals surface area contributed by atoms with Crippen molar-refractivity contribution in [2.45, 2.75) is 46.2 Å². The Hall–Kier alpha value is -1.17. The Morgan fingerprint density at radius 3 is 2.52 bits per heavy atom. The summed E-state index contributed by atoms with van der Waals surface area (Å²) in [6.07, 6.45) is 0.917. The highest BCUT2D eigenvalue weighted by molar-refractivity contribution is 5.85. The third kappa shape index (κ3) is 5.40. The van der Waals surface area contributed by atoms with Crippen molar-refractivity contribution in [1.29, 1.82) is 0 Å². The molecule has 1 fully saturated rings. The van der Waals surface area contributed by atoms with E-state index in [-0.39, 0.29) is 41.6 Å². The Labute approximate surface area is 157 Å². The van der Waals surface area contributed by atoms with Crippen molar-refractivity contribution >= 4 is 18.3 Å². The van der Waals surface area contributed by atoms with Gasteiger partial charge < -0.3 is 10.6 Å². The first-order valence-electron chi connectivity index (χ1n) is 8.77. The number of rotatable bonds is 5. The Balaban J connectivity index is 0.00000312. The molecule has 2 atom stereocenters. The van der Waals surface area contributed by atoms with Crippen molar-refractivity contribution in [3.8, 4) is 0 Å². The van der Waals surface area contributed by atoms with Gasteiger partial charge in [-0.3, -0.25) is 9.69 Å². The molecule has 6 heteroatoms. The number of halogens is 2. The zero-order chi connectivity index (χ0) is 17.9. The number of likely N-dealkylation sites (tertiary alicyclic amines) is 1. The normalized spacial score (nSPS) is 21.3. The summed E-state index contributed by atoms with van der Waals surface area (Å²) in [4.78, 5) is 16.9. The quantitative estimate of drug-likeness (QED) is 0.864. The van der Waals surface area contributed by atoms with Gasteiger partial charge in [0.2, 0.25) is 5.91 Å². The highest BCUT2D eigenvalue weighted by Gasteiger charge is 2.34. The van der Waals surface area contributed by atoms with E-state index in [1.54, 1.807) is 12.1 Å². The Morgan fingerprint density at radius 2 is 2.00 bits per heavy atom. The average Bonchev–Trinajstić information content (AvgIpc) is 2.52. The van der Waals surface area contributed by atoms with Crippen LogP contribution < -0.4 is 5.73 Å². The number of amides is 1. The highest BCUT2D eigenvalue weighted by atomic mass is 35.5. The van der Waals surface area contributed by atoms with E-state index in [0.29, 0.717) is 13.1 Å². The maximum absolute atomic E-state index is 13.1. The Bertz CT molecular complexity index is 564. The van der Waals surface area contributed by atoms with Crippen molar-refractivity contribution in [3.05, 3.63) is 35.6 Å². The molecule has 1 aliphatic heterocycles. The van der Waals surface area contributed by atoms with Gasteiger partial charge in [-0.15, -0.1) is 12.4 Å². The van der Waals surface area contributed by atoms with E-state index in [9.17, 15) is 9.18 Å². The fourth-order valence-corrected chi connectivity index (χ4v) is 3.49. The molecule has 0 spiro atoms. The number of piperidine rings is 1. The lowest BCUT2D eigenvalue weighted by atomic mass is 9.80. The zero-order valence-electron chi connectivity index (χ0n) is 15.7. The molecule has 4 nitrogen and oxygen atoms in total. The van der Waals surface area contributed by atoms with Crippen molar-refractivity contribution in [3.63, 3.8) is 0 Å². The summed E-state index contributed by atoms with van der Waals surface area (Å²) in [7, 11) is 0. The Kier molecular flexibility index (Phi) is 7.85. The van der Waals surface area contributed by atoms with Gasteiger partial charge in [0.15, 0.2) is 0 Å². The molecule has 1 heterocycles. The third-order valence-electron chi connectivity index (χ3n) is 5.23. The van der Waals surface area contributed by atoms with Gasteiger partial charge >= 0.3 is 0 Å². The van der Waals surface area contributed by atoms with Crippen LogP contribution in [0, 0.1) is 11.2 Å². The van der Waals surface area contributed by atoms with Crippen molar-refractivity contribution in [2.75, 3.05) is 26.2 Å². The van der Waals surface area contributed by atoms with Crippen LogP contribution in [0.25, 0.3) is 0 Å². The zero-order valence-corrected chi connectivity index (χ0v) is 16.5. The fourth-order valence-electron chi connectivity index (χ4n) is 3.49. The number of hydrogen-bond acceptors (Lipinski definition) is 3.